The van der Waals surface area contributed by atoms with Crippen molar-refractivity contribution >= 4 is 35.4 Å². The first-order chi connectivity index (χ1) is 17.1. The fraction of sp³-hybridized carbons (Fsp3) is 0.680. The highest BCUT2D eigenvalue weighted by atomic mass is 32.2. The molecule has 0 bridgehead atoms. The van der Waals surface area contributed by atoms with E-state index in [1.807, 2.05) is 6.92 Å². The van der Waals surface area contributed by atoms with Crippen LogP contribution in [0.3, 0.4) is 0 Å². The maximum atomic E-state index is 12.8. The monoisotopic (exact) mass is 528 g/mol. The average Bonchev–Trinajstić information content (AvgIpc) is 2.82. The lowest BCUT2D eigenvalue weighted by Gasteiger charge is -2.27. The lowest BCUT2D eigenvalue weighted by molar-refractivity contribution is -0.132. The number of unbranched alkanes of at least 4 members (excludes halogenated alkanes) is 1. The first kappa shape index (κ1) is 33.6. The van der Waals surface area contributed by atoms with Gasteiger partial charge in [-0.3, -0.25) is 19.2 Å². The van der Waals surface area contributed by atoms with Gasteiger partial charge in [-0.15, -0.1) is 13.2 Å². The van der Waals surface area contributed by atoms with E-state index in [0.29, 0.717) is 18.1 Å². The molecular formula is C25H44N4O6S. The van der Waals surface area contributed by atoms with Crippen LogP contribution in [0.4, 0.5) is 0 Å². The summed E-state index contributed by atoms with van der Waals surface area (Å²) in [4.78, 5) is 49.3. The Morgan fingerprint density at radius 2 is 1.72 bits per heavy atom. The van der Waals surface area contributed by atoms with Crippen LogP contribution in [0.5, 0.6) is 0 Å². The van der Waals surface area contributed by atoms with E-state index in [2.05, 4.69) is 34.4 Å². The third kappa shape index (κ3) is 14.9. The number of carbonyl (C=O) groups excluding carboxylic acids is 4. The van der Waals surface area contributed by atoms with Crippen LogP contribution in [0.25, 0.3) is 0 Å². The summed E-state index contributed by atoms with van der Waals surface area (Å²) < 4.78 is 5.45. The smallest absolute Gasteiger partial charge is 0.244 e. The molecule has 0 radical (unpaired) electrons. The molecule has 5 N–H and O–H groups in total. The van der Waals surface area contributed by atoms with Gasteiger partial charge in [-0.05, 0) is 19.8 Å². The molecule has 0 heterocycles. The molecule has 0 aliphatic carbocycles. The van der Waals surface area contributed by atoms with Crippen LogP contribution in [0.1, 0.15) is 47.0 Å². The van der Waals surface area contributed by atoms with Crippen molar-refractivity contribution in [1.82, 2.24) is 21.3 Å². The maximum Gasteiger partial charge on any atom is 0.244 e. The number of ether oxygens (including phenoxy) is 1. The molecule has 0 spiro atoms. The van der Waals surface area contributed by atoms with E-state index in [1.54, 1.807) is 19.1 Å². The maximum absolute atomic E-state index is 12.8. The molecule has 0 aliphatic heterocycles. The molecule has 0 unspecified atom stereocenters. The summed E-state index contributed by atoms with van der Waals surface area (Å²) >= 11 is 1.42. The molecule has 11 heteroatoms. The predicted molar refractivity (Wildman–Crippen MR) is 143 cm³/mol. The molecule has 36 heavy (non-hydrogen) atoms. The van der Waals surface area contributed by atoms with Crippen molar-refractivity contribution in [3.8, 4) is 0 Å². The normalized spacial score (nSPS) is 14.9. The number of hydrogen-bond donors (Lipinski definition) is 5. The second kappa shape index (κ2) is 19.8. The van der Waals surface area contributed by atoms with E-state index >= 15 is 0 Å². The van der Waals surface area contributed by atoms with Gasteiger partial charge in [0.2, 0.25) is 23.6 Å². The predicted octanol–water partition coefficient (Wildman–Crippen LogP) is 0.906. The summed E-state index contributed by atoms with van der Waals surface area (Å²) in [6, 6.07) is -2.56. The zero-order valence-electron chi connectivity index (χ0n) is 22.0. The molecule has 0 saturated carbocycles. The Morgan fingerprint density at radius 3 is 2.31 bits per heavy atom. The van der Waals surface area contributed by atoms with Gasteiger partial charge in [0, 0.05) is 30.9 Å². The highest BCUT2D eigenvalue weighted by Gasteiger charge is 2.29. The zero-order chi connectivity index (χ0) is 27.5. The van der Waals surface area contributed by atoms with Gasteiger partial charge < -0.3 is 31.1 Å². The highest BCUT2D eigenvalue weighted by Crippen LogP contribution is 2.11. The van der Waals surface area contributed by atoms with Gasteiger partial charge >= 0.3 is 0 Å². The number of hydrogen-bond acceptors (Lipinski definition) is 7. The zero-order valence-corrected chi connectivity index (χ0v) is 22.8. The summed E-state index contributed by atoms with van der Waals surface area (Å²) in [5, 5.41) is 21.5. The van der Waals surface area contributed by atoms with Crippen molar-refractivity contribution in [2.24, 2.45) is 5.92 Å². The topological polar surface area (TPSA) is 146 Å². The van der Waals surface area contributed by atoms with Crippen molar-refractivity contribution < 1.29 is 29.0 Å². The van der Waals surface area contributed by atoms with Gasteiger partial charge in [-0.25, -0.2) is 0 Å². The van der Waals surface area contributed by atoms with E-state index in [-0.39, 0.29) is 31.4 Å². The van der Waals surface area contributed by atoms with E-state index in [1.165, 1.54) is 25.6 Å². The first-order valence-corrected chi connectivity index (χ1v) is 13.4. The second-order valence-corrected chi connectivity index (χ2v) is 9.67. The van der Waals surface area contributed by atoms with Crippen LogP contribution >= 0.6 is 11.8 Å². The number of nitrogens with one attached hydrogen (secondary N) is 4. The Labute approximate surface area is 219 Å². The number of aliphatic hydroxyl groups is 1. The Kier molecular flexibility index (Phi) is 18.5. The summed E-state index contributed by atoms with van der Waals surface area (Å²) in [7, 11) is 0. The highest BCUT2D eigenvalue weighted by molar-refractivity contribution is 7.99. The summed E-state index contributed by atoms with van der Waals surface area (Å²) in [5.41, 5.74) is 0. The summed E-state index contributed by atoms with van der Waals surface area (Å²) in [6.45, 7) is 14.6. The standard InChI is InChI=1S/C25H44N4O6S/c1-7-10-11-26-23(32)17(4)14-22(31)20(15-35-12-8-2)29-24(33)18(5)27-25(34)21(28-19(6)30)16-36-13-9-3/h8-9,17-18,20-22,31H,2-3,7,10-16H2,1,4-6H3,(H,26,32)(H,27,34)(H,28,30)(H,29,33)/t17-,18+,20+,21+,22+/m1/s1. The van der Waals surface area contributed by atoms with E-state index in [4.69, 9.17) is 4.74 Å². The van der Waals surface area contributed by atoms with Gasteiger partial charge in [0.1, 0.15) is 12.1 Å². The Balaban J connectivity index is 5.13. The minimum absolute atomic E-state index is 0.00349. The van der Waals surface area contributed by atoms with Crippen molar-refractivity contribution in [3.05, 3.63) is 25.3 Å². The molecular weight excluding hydrogens is 484 g/mol. The molecule has 5 atom stereocenters. The minimum Gasteiger partial charge on any atom is -0.391 e. The first-order valence-electron chi connectivity index (χ1n) is 12.3. The molecule has 0 rings (SSSR count). The SMILES string of the molecule is C=CCOC[C@H](NC(=O)[C@H](C)NC(=O)[C@H](CSCC=C)NC(C)=O)[C@@H](O)C[C@@H](C)C(=O)NCCCC. The van der Waals surface area contributed by atoms with Crippen LogP contribution in [-0.4, -0.2) is 84.2 Å². The third-order valence-electron chi connectivity index (χ3n) is 5.16. The lowest BCUT2D eigenvalue weighted by Crippen LogP contribution is -2.56. The molecule has 206 valence electrons. The van der Waals surface area contributed by atoms with Crippen LogP contribution in [0, 0.1) is 5.92 Å². The molecule has 0 aromatic rings. The van der Waals surface area contributed by atoms with Crippen molar-refractivity contribution in [3.63, 3.8) is 0 Å². The molecule has 0 fully saturated rings. The Bertz CT molecular complexity index is 721. The fourth-order valence-electron chi connectivity index (χ4n) is 3.11. The van der Waals surface area contributed by atoms with Crippen LogP contribution in [-0.2, 0) is 23.9 Å². The van der Waals surface area contributed by atoms with Gasteiger partial charge in [0.25, 0.3) is 0 Å². The van der Waals surface area contributed by atoms with Crippen molar-refractivity contribution in [2.45, 2.75) is 71.2 Å². The van der Waals surface area contributed by atoms with Gasteiger partial charge in [0.05, 0.1) is 25.4 Å². The fourth-order valence-corrected chi connectivity index (χ4v) is 3.88. The quantitative estimate of drug-likeness (QED) is 0.117. The molecule has 0 saturated heterocycles. The average molecular weight is 529 g/mol. The summed E-state index contributed by atoms with van der Waals surface area (Å²) in [6.07, 6.45) is 4.13. The number of thioether (sulfide) groups is 1. The number of aliphatic hydroxyl groups excluding tert-OH is 1. The van der Waals surface area contributed by atoms with Gasteiger partial charge in [0.15, 0.2) is 0 Å². The number of rotatable bonds is 20. The van der Waals surface area contributed by atoms with Crippen LogP contribution < -0.4 is 21.3 Å². The largest absolute Gasteiger partial charge is 0.391 e. The molecule has 0 aromatic carbocycles. The van der Waals surface area contributed by atoms with Crippen LogP contribution in [0.15, 0.2) is 25.3 Å². The minimum atomic E-state index is -1.06. The number of carbonyl (C=O) groups is 4. The van der Waals surface area contributed by atoms with Gasteiger partial charge in [-0.2, -0.15) is 11.8 Å². The van der Waals surface area contributed by atoms with Crippen LogP contribution in [0.2, 0.25) is 0 Å². The number of amides is 4. The molecule has 10 nitrogen and oxygen atoms in total. The van der Waals surface area contributed by atoms with Gasteiger partial charge in [-0.1, -0.05) is 32.4 Å². The third-order valence-corrected chi connectivity index (χ3v) is 6.20. The van der Waals surface area contributed by atoms with E-state index in [9.17, 15) is 24.3 Å². The second-order valence-electron chi connectivity index (χ2n) is 8.60. The Hall–Kier alpha value is -2.37. The molecule has 0 aromatic heterocycles. The molecule has 4 amide bonds. The molecule has 0 aliphatic rings. The van der Waals surface area contributed by atoms with E-state index < -0.39 is 42.0 Å². The van der Waals surface area contributed by atoms with Crippen molar-refractivity contribution in [2.75, 3.05) is 31.3 Å². The van der Waals surface area contributed by atoms with Crippen molar-refractivity contribution in [1.29, 1.82) is 0 Å². The lowest BCUT2D eigenvalue weighted by atomic mass is 9.97. The Morgan fingerprint density at radius 1 is 1.03 bits per heavy atom. The van der Waals surface area contributed by atoms with E-state index in [0.717, 1.165) is 12.8 Å². The summed E-state index contributed by atoms with van der Waals surface area (Å²) in [5.74, 6) is -1.10.